The van der Waals surface area contributed by atoms with Gasteiger partial charge in [0, 0.05) is 12.3 Å². The minimum Gasteiger partial charge on any atom is -0.394 e. The lowest BCUT2D eigenvalue weighted by Crippen LogP contribution is -2.42. The summed E-state index contributed by atoms with van der Waals surface area (Å²) in [5, 5.41) is 22.5. The fourth-order valence-electron chi connectivity index (χ4n) is 2.70. The van der Waals surface area contributed by atoms with Gasteiger partial charge >= 0.3 is 0 Å². The summed E-state index contributed by atoms with van der Waals surface area (Å²) in [5.74, 6) is 1.86. The van der Waals surface area contributed by atoms with Gasteiger partial charge in [0.15, 0.2) is 17.9 Å². The van der Waals surface area contributed by atoms with E-state index in [-0.39, 0.29) is 18.6 Å². The number of hydrogen-bond acceptors (Lipinski definition) is 8. The molecule has 0 radical (unpaired) electrons. The average Bonchev–Trinajstić information content (AvgIpc) is 3.01. The van der Waals surface area contributed by atoms with Gasteiger partial charge in [-0.3, -0.25) is 0 Å². The quantitative estimate of drug-likeness (QED) is 0.608. The van der Waals surface area contributed by atoms with Crippen LogP contribution in [0.3, 0.4) is 0 Å². The first-order valence-corrected chi connectivity index (χ1v) is 7.13. The summed E-state index contributed by atoms with van der Waals surface area (Å²) in [6.07, 6.45) is -1.15. The predicted molar refractivity (Wildman–Crippen MR) is 77.9 cm³/mol. The van der Waals surface area contributed by atoms with Crippen LogP contribution in [0.2, 0.25) is 0 Å². The second kappa shape index (κ2) is 5.28. The number of ether oxygens (including phenoxy) is 1. The van der Waals surface area contributed by atoms with Crippen LogP contribution in [0.4, 0.5) is 17.3 Å². The number of rotatable bonds is 3. The molecule has 21 heavy (non-hydrogen) atoms. The lowest BCUT2D eigenvalue weighted by atomic mass is 10.2. The Balaban J connectivity index is 1.92. The summed E-state index contributed by atoms with van der Waals surface area (Å²) < 4.78 is 5.69. The van der Waals surface area contributed by atoms with Crippen LogP contribution in [0, 0.1) is 0 Å². The van der Waals surface area contributed by atoms with Crippen molar-refractivity contribution in [3.8, 4) is 0 Å². The Bertz CT molecular complexity index is 539. The SMILES string of the molecule is CC(C)c1nc(N)c2c(n1)N(C1O[C@@H](CO)C[C@@H]1O)CN2. The standard InChI is InChI=1S/C13H21N5O3/c1-6(2)11-16-10(14)9-12(17-11)18(5-15-9)13-8(20)3-7(4-19)21-13/h6-8,13,15,19-20H,3-5H2,1-2H3,(H2,14,16,17)/t7-,8+,13?/m1/s1. The fourth-order valence-corrected chi connectivity index (χ4v) is 2.70. The van der Waals surface area contributed by atoms with Crippen molar-refractivity contribution < 1.29 is 14.9 Å². The molecule has 1 aromatic rings. The largest absolute Gasteiger partial charge is 0.394 e. The number of nitrogens with zero attached hydrogens (tertiary/aromatic N) is 3. The predicted octanol–water partition coefficient (Wildman–Crippen LogP) is -0.160. The first-order chi connectivity index (χ1) is 10.0. The molecule has 2 aliphatic heterocycles. The molecule has 3 heterocycles. The van der Waals surface area contributed by atoms with E-state index in [9.17, 15) is 10.2 Å². The first kappa shape index (κ1) is 14.3. The summed E-state index contributed by atoms with van der Waals surface area (Å²) in [6, 6.07) is 0. The van der Waals surface area contributed by atoms with Gasteiger partial charge in [-0.1, -0.05) is 13.8 Å². The zero-order chi connectivity index (χ0) is 15.1. The zero-order valence-corrected chi connectivity index (χ0v) is 12.2. The van der Waals surface area contributed by atoms with E-state index >= 15 is 0 Å². The number of hydrogen-bond donors (Lipinski definition) is 4. The van der Waals surface area contributed by atoms with Crippen molar-refractivity contribution in [2.45, 2.75) is 44.6 Å². The molecule has 1 fully saturated rings. The van der Waals surface area contributed by atoms with Gasteiger partial charge in [0.05, 0.1) is 19.4 Å². The van der Waals surface area contributed by atoms with Gasteiger partial charge in [-0.25, -0.2) is 9.97 Å². The highest BCUT2D eigenvalue weighted by molar-refractivity contribution is 5.80. The Labute approximate surface area is 122 Å². The second-order valence-electron chi connectivity index (χ2n) is 5.76. The molecule has 0 bridgehead atoms. The molecule has 8 nitrogen and oxygen atoms in total. The van der Waals surface area contributed by atoms with E-state index in [1.54, 1.807) is 0 Å². The Morgan fingerprint density at radius 2 is 2.24 bits per heavy atom. The molecule has 116 valence electrons. The smallest absolute Gasteiger partial charge is 0.161 e. The van der Waals surface area contributed by atoms with Gasteiger partial charge in [-0.05, 0) is 0 Å². The van der Waals surface area contributed by atoms with E-state index in [2.05, 4.69) is 15.3 Å². The minimum atomic E-state index is -0.673. The molecule has 3 rings (SSSR count). The van der Waals surface area contributed by atoms with Crippen molar-refractivity contribution in [3.05, 3.63) is 5.82 Å². The Morgan fingerprint density at radius 1 is 1.48 bits per heavy atom. The summed E-state index contributed by atoms with van der Waals surface area (Å²) in [5.41, 5.74) is 6.65. The molecule has 0 amide bonds. The molecule has 8 heteroatoms. The maximum Gasteiger partial charge on any atom is 0.161 e. The highest BCUT2D eigenvalue weighted by Crippen LogP contribution is 2.38. The number of nitrogen functional groups attached to an aromatic ring is 1. The van der Waals surface area contributed by atoms with Crippen LogP contribution >= 0.6 is 0 Å². The molecule has 5 N–H and O–H groups in total. The second-order valence-corrected chi connectivity index (χ2v) is 5.76. The van der Waals surface area contributed by atoms with E-state index < -0.39 is 12.3 Å². The molecule has 1 aromatic heterocycles. The molecular formula is C13H21N5O3. The van der Waals surface area contributed by atoms with Crippen molar-refractivity contribution in [1.82, 2.24) is 9.97 Å². The van der Waals surface area contributed by atoms with Crippen LogP contribution in [-0.2, 0) is 4.74 Å². The van der Waals surface area contributed by atoms with Gasteiger partial charge < -0.3 is 30.9 Å². The van der Waals surface area contributed by atoms with Crippen LogP contribution in [0.25, 0.3) is 0 Å². The number of aliphatic hydroxyl groups excluding tert-OH is 2. The monoisotopic (exact) mass is 295 g/mol. The Morgan fingerprint density at radius 3 is 2.86 bits per heavy atom. The van der Waals surface area contributed by atoms with Crippen molar-refractivity contribution in [1.29, 1.82) is 0 Å². The summed E-state index contributed by atoms with van der Waals surface area (Å²) in [7, 11) is 0. The van der Waals surface area contributed by atoms with Crippen LogP contribution in [0.1, 0.15) is 32.0 Å². The van der Waals surface area contributed by atoms with E-state index in [4.69, 9.17) is 10.5 Å². The molecule has 0 aromatic carbocycles. The van der Waals surface area contributed by atoms with Gasteiger partial charge in [-0.15, -0.1) is 0 Å². The number of nitrogens with one attached hydrogen (secondary N) is 1. The molecule has 0 saturated carbocycles. The van der Waals surface area contributed by atoms with Gasteiger partial charge in [0.25, 0.3) is 0 Å². The maximum absolute atomic E-state index is 10.1. The third-order valence-electron chi connectivity index (χ3n) is 3.83. The van der Waals surface area contributed by atoms with Crippen molar-refractivity contribution >= 4 is 17.3 Å². The molecule has 0 aliphatic carbocycles. The van der Waals surface area contributed by atoms with E-state index in [1.165, 1.54) is 0 Å². The maximum atomic E-state index is 10.1. The van der Waals surface area contributed by atoms with E-state index in [0.29, 0.717) is 36.2 Å². The Kier molecular flexibility index (Phi) is 3.60. The molecule has 0 spiro atoms. The minimum absolute atomic E-state index is 0.106. The van der Waals surface area contributed by atoms with Crippen LogP contribution in [-0.4, -0.2) is 51.9 Å². The number of aromatic nitrogens is 2. The number of nitrogens with two attached hydrogens (primary N) is 1. The van der Waals surface area contributed by atoms with Gasteiger partial charge in [0.2, 0.25) is 0 Å². The number of fused-ring (bicyclic) bond motifs is 1. The average molecular weight is 295 g/mol. The summed E-state index contributed by atoms with van der Waals surface area (Å²) in [4.78, 5) is 10.7. The van der Waals surface area contributed by atoms with Gasteiger partial charge in [-0.2, -0.15) is 0 Å². The van der Waals surface area contributed by atoms with Gasteiger partial charge in [0.1, 0.15) is 17.6 Å². The van der Waals surface area contributed by atoms with Crippen molar-refractivity contribution in [2.24, 2.45) is 0 Å². The zero-order valence-electron chi connectivity index (χ0n) is 12.2. The lowest BCUT2D eigenvalue weighted by molar-refractivity contribution is -0.00963. The normalized spacial score (nSPS) is 28.0. The highest BCUT2D eigenvalue weighted by Gasteiger charge is 2.41. The van der Waals surface area contributed by atoms with Crippen LogP contribution in [0.15, 0.2) is 0 Å². The fraction of sp³-hybridized carbons (Fsp3) is 0.692. The third-order valence-corrected chi connectivity index (χ3v) is 3.83. The van der Waals surface area contributed by atoms with E-state index in [0.717, 1.165) is 0 Å². The number of anilines is 3. The molecule has 1 unspecified atom stereocenters. The first-order valence-electron chi connectivity index (χ1n) is 7.13. The Hall–Kier alpha value is -1.64. The van der Waals surface area contributed by atoms with Crippen LogP contribution < -0.4 is 16.0 Å². The number of aliphatic hydroxyl groups is 2. The van der Waals surface area contributed by atoms with Crippen molar-refractivity contribution in [3.63, 3.8) is 0 Å². The summed E-state index contributed by atoms with van der Waals surface area (Å²) >= 11 is 0. The van der Waals surface area contributed by atoms with Crippen molar-refractivity contribution in [2.75, 3.05) is 29.2 Å². The third kappa shape index (κ3) is 2.39. The lowest BCUT2D eigenvalue weighted by Gasteiger charge is -2.27. The topological polar surface area (TPSA) is 117 Å². The molecule has 1 saturated heterocycles. The highest BCUT2D eigenvalue weighted by atomic mass is 16.5. The molecular weight excluding hydrogens is 274 g/mol. The van der Waals surface area contributed by atoms with Crippen LogP contribution in [0.5, 0.6) is 0 Å². The summed E-state index contributed by atoms with van der Waals surface area (Å²) in [6.45, 7) is 4.33. The molecule has 2 aliphatic rings. The molecule has 3 atom stereocenters. The van der Waals surface area contributed by atoms with E-state index in [1.807, 2.05) is 18.7 Å².